The molecule has 0 aliphatic heterocycles. The molecular formula is C8H5F5N2O4. The minimum absolute atomic E-state index is 0.220. The Bertz CT molecular complexity index is 491. The lowest BCUT2D eigenvalue weighted by atomic mass is 10.2. The Labute approximate surface area is 101 Å². The van der Waals surface area contributed by atoms with Crippen molar-refractivity contribution in [2.75, 3.05) is 7.11 Å². The molecule has 0 saturated heterocycles. The third-order valence-electron chi connectivity index (χ3n) is 1.80. The molecule has 6 nitrogen and oxygen atoms in total. The number of nitrogens with zero attached hydrogens (tertiary/aromatic N) is 2. The van der Waals surface area contributed by atoms with Crippen molar-refractivity contribution in [3.63, 3.8) is 0 Å². The van der Waals surface area contributed by atoms with Crippen LogP contribution in [0.15, 0.2) is 6.07 Å². The molecular weight excluding hydrogens is 283 g/mol. The van der Waals surface area contributed by atoms with E-state index in [4.69, 9.17) is 0 Å². The van der Waals surface area contributed by atoms with Crippen molar-refractivity contribution >= 4 is 5.69 Å². The smallest absolute Gasteiger partial charge is 0.481 e. The van der Waals surface area contributed by atoms with Gasteiger partial charge in [-0.05, 0) is 0 Å². The third-order valence-corrected chi connectivity index (χ3v) is 1.80. The molecule has 0 saturated carbocycles. The molecule has 1 aromatic heterocycles. The average Bonchev–Trinajstić information content (AvgIpc) is 2.25. The second kappa shape index (κ2) is 5.20. The van der Waals surface area contributed by atoms with E-state index in [0.717, 1.165) is 7.11 Å². The zero-order chi connectivity index (χ0) is 14.8. The van der Waals surface area contributed by atoms with Gasteiger partial charge >= 0.3 is 17.9 Å². The summed E-state index contributed by atoms with van der Waals surface area (Å²) in [7, 11) is 0.872. The summed E-state index contributed by atoms with van der Waals surface area (Å²) in [4.78, 5) is 12.1. The maximum Gasteiger partial charge on any atom is 0.574 e. The summed E-state index contributed by atoms with van der Waals surface area (Å²) in [5, 5.41) is 10.5. The van der Waals surface area contributed by atoms with Gasteiger partial charge in [0.05, 0.1) is 17.6 Å². The molecule has 11 heteroatoms. The van der Waals surface area contributed by atoms with Gasteiger partial charge in [-0.1, -0.05) is 0 Å². The minimum Gasteiger partial charge on any atom is -0.481 e. The molecule has 0 radical (unpaired) electrons. The van der Waals surface area contributed by atoms with Crippen LogP contribution < -0.4 is 9.47 Å². The van der Waals surface area contributed by atoms with Crippen LogP contribution in [0, 0.1) is 10.1 Å². The standard InChI is InChI=1S/C8H5F5N2O4/c1-18-6-3(5(9)10)2-4(15(16)17)7(14-6)19-8(11,12)13/h2,5H,1H3. The molecule has 0 unspecified atom stereocenters. The zero-order valence-electron chi connectivity index (χ0n) is 9.07. The van der Waals surface area contributed by atoms with Crippen molar-refractivity contribution in [1.82, 2.24) is 4.98 Å². The number of alkyl halides is 5. The largest absolute Gasteiger partial charge is 0.574 e. The molecule has 0 aliphatic carbocycles. The molecule has 0 spiro atoms. The van der Waals surface area contributed by atoms with Crippen LogP contribution in [0.3, 0.4) is 0 Å². The monoisotopic (exact) mass is 288 g/mol. The van der Waals surface area contributed by atoms with E-state index in [1.165, 1.54) is 0 Å². The molecule has 0 aliphatic rings. The van der Waals surface area contributed by atoms with Crippen LogP contribution in [-0.2, 0) is 0 Å². The Kier molecular flexibility index (Phi) is 4.07. The summed E-state index contributed by atoms with van der Waals surface area (Å²) in [5.41, 5.74) is -2.35. The second-order valence-corrected chi connectivity index (χ2v) is 3.02. The molecule has 0 aromatic carbocycles. The average molecular weight is 288 g/mol. The van der Waals surface area contributed by atoms with Crippen LogP contribution >= 0.6 is 0 Å². The summed E-state index contributed by atoms with van der Waals surface area (Å²) >= 11 is 0. The van der Waals surface area contributed by atoms with Crippen molar-refractivity contribution < 1.29 is 36.3 Å². The predicted octanol–water partition coefficient (Wildman–Crippen LogP) is 2.83. The minimum atomic E-state index is -5.25. The highest BCUT2D eigenvalue weighted by atomic mass is 19.4. The van der Waals surface area contributed by atoms with E-state index >= 15 is 0 Å². The highest BCUT2D eigenvalue weighted by molar-refractivity contribution is 5.48. The summed E-state index contributed by atoms with van der Waals surface area (Å²) in [6.45, 7) is 0. The quantitative estimate of drug-likeness (QED) is 0.484. The Morgan fingerprint density at radius 1 is 1.37 bits per heavy atom. The van der Waals surface area contributed by atoms with Crippen LogP contribution in [0.25, 0.3) is 0 Å². The molecule has 106 valence electrons. The molecule has 0 fully saturated rings. The van der Waals surface area contributed by atoms with E-state index in [-0.39, 0.29) is 6.07 Å². The number of methoxy groups -OCH3 is 1. The molecule has 0 N–H and O–H groups in total. The van der Waals surface area contributed by atoms with Gasteiger partial charge in [0.15, 0.2) is 0 Å². The fourth-order valence-electron chi connectivity index (χ4n) is 1.12. The summed E-state index contributed by atoms with van der Waals surface area (Å²) in [6.07, 6.45) is -8.46. The fourth-order valence-corrected chi connectivity index (χ4v) is 1.12. The normalized spacial score (nSPS) is 11.5. The first-order valence-electron chi connectivity index (χ1n) is 4.43. The number of pyridine rings is 1. The number of halogens is 5. The first kappa shape index (κ1) is 14.9. The van der Waals surface area contributed by atoms with E-state index < -0.39 is 40.7 Å². The number of rotatable bonds is 4. The van der Waals surface area contributed by atoms with Crippen molar-refractivity contribution in [3.8, 4) is 11.8 Å². The van der Waals surface area contributed by atoms with E-state index in [1.807, 2.05) is 0 Å². The number of ether oxygens (including phenoxy) is 2. The van der Waals surface area contributed by atoms with Gasteiger partial charge in [-0.3, -0.25) is 10.1 Å². The van der Waals surface area contributed by atoms with Gasteiger partial charge < -0.3 is 9.47 Å². The maximum absolute atomic E-state index is 12.5. The Hall–Kier alpha value is -2.20. The van der Waals surface area contributed by atoms with Crippen LogP contribution in [0.4, 0.5) is 27.6 Å². The molecule has 1 rings (SSSR count). The van der Waals surface area contributed by atoms with E-state index in [2.05, 4.69) is 14.5 Å². The van der Waals surface area contributed by atoms with Crippen molar-refractivity contribution in [2.24, 2.45) is 0 Å². The molecule has 0 atom stereocenters. The van der Waals surface area contributed by atoms with Crippen LogP contribution in [-0.4, -0.2) is 23.4 Å². The summed E-state index contributed by atoms with van der Waals surface area (Å²) in [5.74, 6) is -2.36. The summed E-state index contributed by atoms with van der Waals surface area (Å²) in [6, 6.07) is 0.220. The zero-order valence-corrected chi connectivity index (χ0v) is 9.07. The van der Waals surface area contributed by atoms with Gasteiger partial charge in [0, 0.05) is 6.07 Å². The first-order valence-corrected chi connectivity index (χ1v) is 4.43. The predicted molar refractivity (Wildman–Crippen MR) is 49.1 cm³/mol. The van der Waals surface area contributed by atoms with E-state index in [9.17, 15) is 32.1 Å². The number of nitro groups is 1. The maximum atomic E-state index is 12.5. The van der Waals surface area contributed by atoms with Gasteiger partial charge in [0.1, 0.15) is 0 Å². The Balaban J connectivity index is 3.40. The topological polar surface area (TPSA) is 74.5 Å². The van der Waals surface area contributed by atoms with Crippen LogP contribution in [0.2, 0.25) is 0 Å². The highest BCUT2D eigenvalue weighted by Gasteiger charge is 2.37. The van der Waals surface area contributed by atoms with Crippen LogP contribution in [0.1, 0.15) is 12.0 Å². The van der Waals surface area contributed by atoms with Gasteiger partial charge in [-0.15, -0.1) is 13.2 Å². The Morgan fingerprint density at radius 2 is 1.95 bits per heavy atom. The molecule has 19 heavy (non-hydrogen) atoms. The molecule has 0 bridgehead atoms. The van der Waals surface area contributed by atoms with Crippen LogP contribution in [0.5, 0.6) is 11.8 Å². The van der Waals surface area contributed by atoms with Crippen molar-refractivity contribution in [2.45, 2.75) is 12.8 Å². The van der Waals surface area contributed by atoms with Gasteiger partial charge in [-0.25, -0.2) is 8.78 Å². The van der Waals surface area contributed by atoms with Gasteiger partial charge in [0.25, 0.3) is 6.43 Å². The highest BCUT2D eigenvalue weighted by Crippen LogP contribution is 2.37. The van der Waals surface area contributed by atoms with Gasteiger partial charge in [-0.2, -0.15) is 4.98 Å². The summed E-state index contributed by atoms with van der Waals surface area (Å²) < 4.78 is 68.7. The van der Waals surface area contributed by atoms with E-state index in [0.29, 0.717) is 0 Å². The fraction of sp³-hybridized carbons (Fsp3) is 0.375. The van der Waals surface area contributed by atoms with E-state index in [1.54, 1.807) is 0 Å². The Morgan fingerprint density at radius 3 is 2.32 bits per heavy atom. The van der Waals surface area contributed by atoms with Crippen molar-refractivity contribution in [1.29, 1.82) is 0 Å². The second-order valence-electron chi connectivity index (χ2n) is 3.02. The number of hydrogen-bond donors (Lipinski definition) is 0. The molecule has 1 heterocycles. The first-order chi connectivity index (χ1) is 8.65. The lowest BCUT2D eigenvalue weighted by molar-refractivity contribution is -0.389. The van der Waals surface area contributed by atoms with Crippen molar-refractivity contribution in [3.05, 3.63) is 21.7 Å². The lowest BCUT2D eigenvalue weighted by Crippen LogP contribution is -2.19. The number of hydrogen-bond acceptors (Lipinski definition) is 5. The lowest BCUT2D eigenvalue weighted by Gasteiger charge is -2.11. The molecule has 0 amide bonds. The van der Waals surface area contributed by atoms with Gasteiger partial charge in [0.2, 0.25) is 5.88 Å². The third kappa shape index (κ3) is 3.63. The number of aromatic nitrogens is 1. The molecule has 1 aromatic rings. The SMILES string of the molecule is COc1nc(OC(F)(F)F)c([N+](=O)[O-])cc1C(F)F.